The molecule has 0 bridgehead atoms. The van der Waals surface area contributed by atoms with Gasteiger partial charge in [-0.25, -0.2) is 0 Å². The number of morpholine rings is 1. The van der Waals surface area contributed by atoms with Crippen molar-refractivity contribution in [3.63, 3.8) is 0 Å². The standard InChI is InChI=1S/C21H18ClN3O3/c22-18-4-2-1-3-16(18)14-27-17-7-5-15(6-8-17)20-24-19(13-23)21(28-20)25-9-11-26-12-10-25/h1-8H,9-12,14H2. The molecule has 4 rings (SSSR count). The van der Waals surface area contributed by atoms with Crippen LogP contribution < -0.4 is 9.64 Å². The van der Waals surface area contributed by atoms with E-state index in [9.17, 15) is 5.26 Å². The number of hydrogen-bond acceptors (Lipinski definition) is 6. The van der Waals surface area contributed by atoms with Crippen LogP contribution in [0.2, 0.25) is 5.02 Å². The monoisotopic (exact) mass is 395 g/mol. The number of aromatic nitrogens is 1. The first-order valence-electron chi connectivity index (χ1n) is 8.95. The Bertz CT molecular complexity index is 989. The summed E-state index contributed by atoms with van der Waals surface area (Å²) < 4.78 is 17.0. The van der Waals surface area contributed by atoms with Crippen molar-refractivity contribution in [1.29, 1.82) is 5.26 Å². The molecule has 1 aliphatic rings. The van der Waals surface area contributed by atoms with Gasteiger partial charge in [-0.1, -0.05) is 29.8 Å². The van der Waals surface area contributed by atoms with Gasteiger partial charge in [0, 0.05) is 29.2 Å². The molecule has 142 valence electrons. The molecule has 1 fully saturated rings. The van der Waals surface area contributed by atoms with Crippen LogP contribution in [-0.4, -0.2) is 31.3 Å². The van der Waals surface area contributed by atoms with Crippen molar-refractivity contribution in [2.45, 2.75) is 6.61 Å². The Morgan fingerprint density at radius 1 is 1.11 bits per heavy atom. The molecule has 0 radical (unpaired) electrons. The zero-order valence-electron chi connectivity index (χ0n) is 15.1. The number of rotatable bonds is 5. The van der Waals surface area contributed by atoms with E-state index < -0.39 is 0 Å². The van der Waals surface area contributed by atoms with Crippen LogP contribution in [0.1, 0.15) is 11.3 Å². The first-order chi connectivity index (χ1) is 13.7. The van der Waals surface area contributed by atoms with Crippen molar-refractivity contribution < 1.29 is 13.9 Å². The first kappa shape index (κ1) is 18.4. The van der Waals surface area contributed by atoms with E-state index in [2.05, 4.69) is 11.1 Å². The van der Waals surface area contributed by atoms with Gasteiger partial charge in [0.2, 0.25) is 17.5 Å². The molecule has 0 amide bonds. The lowest BCUT2D eigenvalue weighted by Crippen LogP contribution is -2.36. The third-order valence-electron chi connectivity index (χ3n) is 4.47. The lowest BCUT2D eigenvalue weighted by Gasteiger charge is -2.25. The fourth-order valence-corrected chi connectivity index (χ4v) is 3.15. The molecule has 28 heavy (non-hydrogen) atoms. The summed E-state index contributed by atoms with van der Waals surface area (Å²) in [4.78, 5) is 6.33. The summed E-state index contributed by atoms with van der Waals surface area (Å²) in [6, 6.07) is 17.1. The van der Waals surface area contributed by atoms with Crippen LogP contribution >= 0.6 is 11.6 Å². The SMILES string of the molecule is N#Cc1nc(-c2ccc(OCc3ccccc3Cl)cc2)oc1N1CCOCC1. The van der Waals surface area contributed by atoms with Gasteiger partial charge in [0.05, 0.1) is 13.2 Å². The molecule has 6 nitrogen and oxygen atoms in total. The molecule has 0 spiro atoms. The Kier molecular flexibility index (Phi) is 5.47. The van der Waals surface area contributed by atoms with Crippen molar-refractivity contribution in [2.75, 3.05) is 31.2 Å². The minimum atomic E-state index is 0.288. The van der Waals surface area contributed by atoms with E-state index in [-0.39, 0.29) is 5.69 Å². The predicted molar refractivity (Wildman–Crippen MR) is 105 cm³/mol. The Labute approximate surface area is 167 Å². The van der Waals surface area contributed by atoms with Gasteiger partial charge in [-0.2, -0.15) is 10.2 Å². The smallest absolute Gasteiger partial charge is 0.235 e. The van der Waals surface area contributed by atoms with Gasteiger partial charge < -0.3 is 18.8 Å². The lowest BCUT2D eigenvalue weighted by atomic mass is 10.2. The van der Waals surface area contributed by atoms with Crippen LogP contribution in [0.15, 0.2) is 52.9 Å². The number of hydrogen-bond donors (Lipinski definition) is 0. The van der Waals surface area contributed by atoms with Crippen molar-refractivity contribution in [1.82, 2.24) is 4.98 Å². The average Bonchev–Trinajstić information content (AvgIpc) is 3.19. The van der Waals surface area contributed by atoms with Crippen LogP contribution in [0.25, 0.3) is 11.5 Å². The number of oxazole rings is 1. The molecule has 1 saturated heterocycles. The van der Waals surface area contributed by atoms with Crippen LogP contribution in [0.3, 0.4) is 0 Å². The van der Waals surface area contributed by atoms with E-state index in [0.29, 0.717) is 55.5 Å². The van der Waals surface area contributed by atoms with Gasteiger partial charge in [0.25, 0.3) is 0 Å². The fraction of sp³-hybridized carbons (Fsp3) is 0.238. The number of benzene rings is 2. The van der Waals surface area contributed by atoms with Gasteiger partial charge in [-0.15, -0.1) is 0 Å². The van der Waals surface area contributed by atoms with Crippen LogP contribution in [0, 0.1) is 11.3 Å². The largest absolute Gasteiger partial charge is 0.489 e. The van der Waals surface area contributed by atoms with Crippen molar-refractivity contribution in [3.8, 4) is 23.3 Å². The van der Waals surface area contributed by atoms with E-state index in [4.69, 9.17) is 25.5 Å². The number of nitriles is 1. The first-order valence-corrected chi connectivity index (χ1v) is 9.32. The highest BCUT2D eigenvalue weighted by Crippen LogP contribution is 2.30. The van der Waals surface area contributed by atoms with Gasteiger partial charge in [-0.05, 0) is 30.3 Å². The molecule has 0 atom stereocenters. The third kappa shape index (κ3) is 3.96. The highest BCUT2D eigenvalue weighted by molar-refractivity contribution is 6.31. The summed E-state index contributed by atoms with van der Waals surface area (Å²) in [6.07, 6.45) is 0. The topological polar surface area (TPSA) is 71.5 Å². The normalized spacial score (nSPS) is 13.9. The van der Waals surface area contributed by atoms with Crippen LogP contribution in [-0.2, 0) is 11.3 Å². The highest BCUT2D eigenvalue weighted by Gasteiger charge is 2.22. The minimum Gasteiger partial charge on any atom is -0.489 e. The molecule has 3 aromatic rings. The van der Waals surface area contributed by atoms with Crippen LogP contribution in [0.4, 0.5) is 5.88 Å². The molecule has 0 N–H and O–H groups in total. The zero-order chi connectivity index (χ0) is 19.3. The highest BCUT2D eigenvalue weighted by atomic mass is 35.5. The quantitative estimate of drug-likeness (QED) is 0.642. The van der Waals surface area contributed by atoms with Gasteiger partial charge in [-0.3, -0.25) is 0 Å². The molecule has 1 aromatic heterocycles. The van der Waals surface area contributed by atoms with E-state index in [1.807, 2.05) is 53.4 Å². The van der Waals surface area contributed by atoms with E-state index in [1.165, 1.54) is 0 Å². The van der Waals surface area contributed by atoms with Gasteiger partial charge in [0.15, 0.2) is 0 Å². The Morgan fingerprint density at radius 3 is 2.57 bits per heavy atom. The number of anilines is 1. The van der Waals surface area contributed by atoms with Crippen LogP contribution in [0.5, 0.6) is 5.75 Å². The van der Waals surface area contributed by atoms with Gasteiger partial charge in [0.1, 0.15) is 18.4 Å². The van der Waals surface area contributed by atoms with E-state index in [0.717, 1.165) is 11.1 Å². The molecule has 2 aromatic carbocycles. The maximum Gasteiger partial charge on any atom is 0.235 e. The van der Waals surface area contributed by atoms with Crippen molar-refractivity contribution >= 4 is 17.5 Å². The van der Waals surface area contributed by atoms with E-state index >= 15 is 0 Å². The summed E-state index contributed by atoms with van der Waals surface area (Å²) >= 11 is 6.15. The minimum absolute atomic E-state index is 0.288. The number of halogens is 1. The van der Waals surface area contributed by atoms with Crippen molar-refractivity contribution in [3.05, 3.63) is 64.8 Å². The zero-order valence-corrected chi connectivity index (χ0v) is 15.9. The Hall–Kier alpha value is -3.01. The molecule has 1 aliphatic heterocycles. The molecule has 7 heteroatoms. The Balaban J connectivity index is 1.48. The maximum absolute atomic E-state index is 9.39. The second-order valence-electron chi connectivity index (χ2n) is 6.29. The summed E-state index contributed by atoms with van der Waals surface area (Å²) in [5.74, 6) is 1.62. The Morgan fingerprint density at radius 2 is 1.86 bits per heavy atom. The molecule has 0 unspecified atom stereocenters. The molecular formula is C21H18ClN3O3. The average molecular weight is 396 g/mol. The second kappa shape index (κ2) is 8.34. The third-order valence-corrected chi connectivity index (χ3v) is 4.84. The summed E-state index contributed by atoms with van der Waals surface area (Å²) in [6.45, 7) is 2.96. The number of nitrogens with zero attached hydrogens (tertiary/aromatic N) is 3. The molecule has 0 aliphatic carbocycles. The molecule has 2 heterocycles. The summed E-state index contributed by atoms with van der Waals surface area (Å²) in [5.41, 5.74) is 1.99. The number of ether oxygens (including phenoxy) is 2. The summed E-state index contributed by atoms with van der Waals surface area (Å²) in [7, 11) is 0. The lowest BCUT2D eigenvalue weighted by molar-refractivity contribution is 0.121. The summed E-state index contributed by atoms with van der Waals surface area (Å²) in [5, 5.41) is 10.1. The van der Waals surface area contributed by atoms with E-state index in [1.54, 1.807) is 0 Å². The maximum atomic E-state index is 9.39. The molecular weight excluding hydrogens is 378 g/mol. The molecule has 0 saturated carbocycles. The van der Waals surface area contributed by atoms with Crippen molar-refractivity contribution in [2.24, 2.45) is 0 Å². The fourth-order valence-electron chi connectivity index (χ4n) is 2.96. The van der Waals surface area contributed by atoms with Gasteiger partial charge >= 0.3 is 0 Å². The predicted octanol–water partition coefficient (Wildman–Crippen LogP) is 4.28. The second-order valence-corrected chi connectivity index (χ2v) is 6.70.